The molecule has 1 saturated carbocycles. The highest BCUT2D eigenvalue weighted by molar-refractivity contribution is 5.97. The molecule has 1 N–H and O–H groups in total. The van der Waals surface area contributed by atoms with Crippen LogP contribution in [0.3, 0.4) is 0 Å². The Labute approximate surface area is 158 Å². The molecule has 3 amide bonds. The van der Waals surface area contributed by atoms with Gasteiger partial charge in [-0.15, -0.1) is 0 Å². The van der Waals surface area contributed by atoms with Crippen molar-refractivity contribution in [1.82, 2.24) is 10.2 Å². The molecule has 1 saturated heterocycles. The van der Waals surface area contributed by atoms with E-state index in [2.05, 4.69) is 5.32 Å². The molecule has 2 fully saturated rings. The number of carbonyl (C=O) groups is 2. The number of benzene rings is 2. The van der Waals surface area contributed by atoms with Gasteiger partial charge in [-0.05, 0) is 54.8 Å². The summed E-state index contributed by atoms with van der Waals surface area (Å²) in [4.78, 5) is 28.5. The highest BCUT2D eigenvalue weighted by Crippen LogP contribution is 2.30. The normalized spacial score (nSPS) is 16.2. The van der Waals surface area contributed by atoms with E-state index in [9.17, 15) is 9.59 Å². The van der Waals surface area contributed by atoms with Gasteiger partial charge in [0.2, 0.25) is 0 Å². The Balaban J connectivity index is 1.49. The number of nitrogens with zero attached hydrogens (tertiary/aromatic N) is 2. The second-order valence-electron chi connectivity index (χ2n) is 6.94. The Hall–Kier alpha value is -3.02. The quantitative estimate of drug-likeness (QED) is 0.856. The molecule has 6 heteroatoms. The van der Waals surface area contributed by atoms with Crippen LogP contribution in [0.25, 0.3) is 0 Å². The highest BCUT2D eigenvalue weighted by Gasteiger charge is 2.33. The Kier molecular flexibility index (Phi) is 4.71. The summed E-state index contributed by atoms with van der Waals surface area (Å²) in [5.41, 5.74) is 2.55. The molecule has 2 aromatic rings. The third-order valence-electron chi connectivity index (χ3n) is 5.04. The maximum atomic E-state index is 13.1. The monoisotopic (exact) mass is 365 g/mol. The zero-order valence-electron chi connectivity index (χ0n) is 15.4. The lowest BCUT2D eigenvalue weighted by Crippen LogP contribution is -2.32. The van der Waals surface area contributed by atoms with Gasteiger partial charge in [0.15, 0.2) is 0 Å². The minimum atomic E-state index is -0.0896. The van der Waals surface area contributed by atoms with Crippen LogP contribution in [0.15, 0.2) is 48.5 Å². The summed E-state index contributed by atoms with van der Waals surface area (Å²) in [7, 11) is 1.64. The lowest BCUT2D eigenvalue weighted by atomic mass is 10.1. The van der Waals surface area contributed by atoms with E-state index < -0.39 is 0 Å². The number of nitrogens with one attached hydrogen (secondary N) is 1. The molecular weight excluding hydrogens is 342 g/mol. The number of carbonyl (C=O) groups excluding carboxylic acids is 2. The average molecular weight is 365 g/mol. The zero-order valence-corrected chi connectivity index (χ0v) is 15.4. The molecular formula is C21H23N3O3. The van der Waals surface area contributed by atoms with Gasteiger partial charge in [-0.25, -0.2) is 4.79 Å². The minimum Gasteiger partial charge on any atom is -0.497 e. The van der Waals surface area contributed by atoms with E-state index in [1.165, 1.54) is 0 Å². The summed E-state index contributed by atoms with van der Waals surface area (Å²) < 4.78 is 5.20. The molecule has 0 bridgehead atoms. The van der Waals surface area contributed by atoms with Gasteiger partial charge in [-0.3, -0.25) is 9.69 Å². The summed E-state index contributed by atoms with van der Waals surface area (Å²) in [6.07, 6.45) is 2.10. The third kappa shape index (κ3) is 3.74. The summed E-state index contributed by atoms with van der Waals surface area (Å²) in [5, 5.41) is 2.79. The van der Waals surface area contributed by atoms with Crippen molar-refractivity contribution in [3.05, 3.63) is 59.7 Å². The first kappa shape index (κ1) is 17.4. The average Bonchev–Trinajstić information content (AvgIpc) is 3.46. The van der Waals surface area contributed by atoms with Gasteiger partial charge < -0.3 is 15.0 Å². The van der Waals surface area contributed by atoms with Crippen LogP contribution in [-0.2, 0) is 6.54 Å². The number of methoxy groups -OCH3 is 1. The Morgan fingerprint density at radius 1 is 1.15 bits per heavy atom. The first-order valence-electron chi connectivity index (χ1n) is 9.25. The van der Waals surface area contributed by atoms with Crippen molar-refractivity contribution in [3.8, 4) is 5.75 Å². The number of ether oxygens (including phenoxy) is 1. The van der Waals surface area contributed by atoms with Gasteiger partial charge in [0.25, 0.3) is 5.91 Å². The fraction of sp³-hybridized carbons (Fsp3) is 0.333. The van der Waals surface area contributed by atoms with Gasteiger partial charge in [0.1, 0.15) is 5.75 Å². The second kappa shape index (κ2) is 7.31. The fourth-order valence-corrected chi connectivity index (χ4v) is 3.35. The molecule has 6 nitrogen and oxygen atoms in total. The Bertz CT molecular complexity index is 829. The summed E-state index contributed by atoms with van der Waals surface area (Å²) >= 11 is 0. The highest BCUT2D eigenvalue weighted by atomic mass is 16.5. The first-order chi connectivity index (χ1) is 13.2. The maximum Gasteiger partial charge on any atom is 0.321 e. The number of anilines is 1. The van der Waals surface area contributed by atoms with Gasteiger partial charge >= 0.3 is 6.03 Å². The van der Waals surface area contributed by atoms with E-state index in [4.69, 9.17) is 4.74 Å². The predicted molar refractivity (Wildman–Crippen MR) is 103 cm³/mol. The van der Waals surface area contributed by atoms with Crippen molar-refractivity contribution in [2.24, 2.45) is 0 Å². The molecule has 0 unspecified atom stereocenters. The number of hydrogen-bond acceptors (Lipinski definition) is 3. The van der Waals surface area contributed by atoms with Crippen LogP contribution in [-0.4, -0.2) is 43.1 Å². The van der Waals surface area contributed by atoms with E-state index in [0.717, 1.165) is 29.8 Å². The number of rotatable bonds is 6. The molecule has 0 atom stereocenters. The van der Waals surface area contributed by atoms with Crippen LogP contribution in [0.4, 0.5) is 10.5 Å². The molecule has 27 heavy (non-hydrogen) atoms. The molecule has 1 aliphatic carbocycles. The molecule has 0 radical (unpaired) electrons. The van der Waals surface area contributed by atoms with Gasteiger partial charge in [-0.2, -0.15) is 0 Å². The van der Waals surface area contributed by atoms with E-state index in [1.807, 2.05) is 53.4 Å². The molecule has 4 rings (SSSR count). The van der Waals surface area contributed by atoms with Crippen LogP contribution in [0.1, 0.15) is 28.8 Å². The zero-order chi connectivity index (χ0) is 18.8. The smallest absolute Gasteiger partial charge is 0.321 e. The third-order valence-corrected chi connectivity index (χ3v) is 5.04. The van der Waals surface area contributed by atoms with Crippen LogP contribution in [0.2, 0.25) is 0 Å². The Morgan fingerprint density at radius 3 is 2.41 bits per heavy atom. The standard InChI is InChI=1S/C21H23N3O3/c1-27-19-10-2-15(3-11-19)14-24(18-8-9-18)20(25)16-4-6-17(7-5-16)23-13-12-22-21(23)26/h2-7,10-11,18H,8-9,12-14H2,1H3,(H,22,26). The van der Waals surface area contributed by atoms with E-state index in [1.54, 1.807) is 12.0 Å². The van der Waals surface area contributed by atoms with Crippen LogP contribution >= 0.6 is 0 Å². The van der Waals surface area contributed by atoms with Gasteiger partial charge in [-0.1, -0.05) is 12.1 Å². The molecule has 0 spiro atoms. The summed E-state index contributed by atoms with van der Waals surface area (Å²) in [5.74, 6) is 0.843. The number of urea groups is 1. The van der Waals surface area contributed by atoms with Gasteiger partial charge in [0.05, 0.1) is 7.11 Å². The summed E-state index contributed by atoms with van der Waals surface area (Å²) in [6, 6.07) is 15.4. The fourth-order valence-electron chi connectivity index (χ4n) is 3.35. The number of amides is 3. The SMILES string of the molecule is COc1ccc(CN(C(=O)c2ccc(N3CCNC3=O)cc2)C2CC2)cc1. The first-order valence-corrected chi connectivity index (χ1v) is 9.25. The van der Waals surface area contributed by atoms with Crippen molar-refractivity contribution in [2.45, 2.75) is 25.4 Å². The van der Waals surface area contributed by atoms with Crippen molar-refractivity contribution in [1.29, 1.82) is 0 Å². The Morgan fingerprint density at radius 2 is 1.85 bits per heavy atom. The van der Waals surface area contributed by atoms with E-state index in [-0.39, 0.29) is 11.9 Å². The van der Waals surface area contributed by atoms with Gasteiger partial charge in [0, 0.05) is 36.9 Å². The second-order valence-corrected chi connectivity index (χ2v) is 6.94. The largest absolute Gasteiger partial charge is 0.497 e. The summed E-state index contributed by atoms with van der Waals surface area (Å²) in [6.45, 7) is 1.89. The lowest BCUT2D eigenvalue weighted by molar-refractivity contribution is 0.0730. The van der Waals surface area contributed by atoms with Crippen LogP contribution in [0, 0.1) is 0 Å². The molecule has 2 aliphatic rings. The predicted octanol–water partition coefficient (Wildman–Crippen LogP) is 3.03. The number of hydrogen-bond donors (Lipinski definition) is 1. The van der Waals surface area contributed by atoms with Crippen LogP contribution in [0.5, 0.6) is 5.75 Å². The minimum absolute atomic E-state index is 0.0331. The lowest BCUT2D eigenvalue weighted by Gasteiger charge is -2.23. The van der Waals surface area contributed by atoms with Crippen molar-refractivity contribution < 1.29 is 14.3 Å². The van der Waals surface area contributed by atoms with Crippen molar-refractivity contribution in [2.75, 3.05) is 25.1 Å². The molecule has 0 aromatic heterocycles. The molecule has 140 valence electrons. The van der Waals surface area contributed by atoms with E-state index in [0.29, 0.717) is 31.2 Å². The van der Waals surface area contributed by atoms with Crippen molar-refractivity contribution in [3.63, 3.8) is 0 Å². The molecule has 2 aromatic carbocycles. The van der Waals surface area contributed by atoms with Crippen LogP contribution < -0.4 is 15.0 Å². The van der Waals surface area contributed by atoms with E-state index >= 15 is 0 Å². The molecule has 1 aliphatic heterocycles. The van der Waals surface area contributed by atoms with Crippen molar-refractivity contribution >= 4 is 17.6 Å². The maximum absolute atomic E-state index is 13.1. The topological polar surface area (TPSA) is 61.9 Å². The molecule has 1 heterocycles.